The molecule has 1 N–H and O–H groups in total. The molecule has 4 aromatic rings. The standard InChI is InChI=1S/C18H13ClN2OS/c19-15-4-1-12(2-5-15)17-9-21-8-13(3-6-18(21)20-17)14-7-16(10-22)23-11-14/h1-9,11,22H,10H2. The Hall–Kier alpha value is -2.14. The predicted octanol–water partition coefficient (Wildman–Crippen LogP) is 4.88. The van der Waals surface area contributed by atoms with Crippen molar-refractivity contribution < 1.29 is 5.11 Å². The molecule has 0 saturated carbocycles. The van der Waals surface area contributed by atoms with Crippen LogP contribution in [0.25, 0.3) is 28.0 Å². The van der Waals surface area contributed by atoms with Crippen molar-refractivity contribution in [2.75, 3.05) is 0 Å². The molecule has 0 amide bonds. The van der Waals surface area contributed by atoms with Crippen molar-refractivity contribution in [1.29, 1.82) is 0 Å². The Balaban J connectivity index is 1.75. The van der Waals surface area contributed by atoms with Gasteiger partial charge in [-0.1, -0.05) is 23.7 Å². The van der Waals surface area contributed by atoms with E-state index in [2.05, 4.69) is 22.6 Å². The summed E-state index contributed by atoms with van der Waals surface area (Å²) in [6.07, 6.45) is 4.08. The zero-order valence-corrected chi connectivity index (χ0v) is 13.7. The minimum absolute atomic E-state index is 0.0820. The second kappa shape index (κ2) is 5.81. The first-order valence-corrected chi connectivity index (χ1v) is 8.42. The fourth-order valence-electron chi connectivity index (χ4n) is 2.54. The molecule has 0 aliphatic carbocycles. The van der Waals surface area contributed by atoms with Crippen LogP contribution >= 0.6 is 22.9 Å². The van der Waals surface area contributed by atoms with Gasteiger partial charge in [0.2, 0.25) is 0 Å². The highest BCUT2D eigenvalue weighted by molar-refractivity contribution is 7.10. The Morgan fingerprint density at radius 2 is 1.78 bits per heavy atom. The van der Waals surface area contributed by atoms with Gasteiger partial charge < -0.3 is 9.51 Å². The summed E-state index contributed by atoms with van der Waals surface area (Å²) < 4.78 is 2.02. The zero-order chi connectivity index (χ0) is 15.8. The van der Waals surface area contributed by atoms with E-state index in [1.807, 2.05) is 47.0 Å². The molecule has 0 atom stereocenters. The maximum absolute atomic E-state index is 9.20. The Morgan fingerprint density at radius 1 is 1.00 bits per heavy atom. The number of aliphatic hydroxyl groups is 1. The lowest BCUT2D eigenvalue weighted by Crippen LogP contribution is -1.84. The van der Waals surface area contributed by atoms with Crippen LogP contribution in [0.3, 0.4) is 0 Å². The van der Waals surface area contributed by atoms with Crippen molar-refractivity contribution in [1.82, 2.24) is 9.38 Å². The van der Waals surface area contributed by atoms with E-state index in [-0.39, 0.29) is 6.61 Å². The maximum Gasteiger partial charge on any atom is 0.137 e. The molecule has 0 aliphatic rings. The van der Waals surface area contributed by atoms with E-state index in [1.165, 1.54) is 0 Å². The van der Waals surface area contributed by atoms with Crippen LogP contribution in [0.15, 0.2) is 60.2 Å². The van der Waals surface area contributed by atoms with Gasteiger partial charge in [0.1, 0.15) is 5.65 Å². The highest BCUT2D eigenvalue weighted by Crippen LogP contribution is 2.27. The van der Waals surface area contributed by atoms with Gasteiger partial charge in [-0.2, -0.15) is 0 Å². The third-order valence-electron chi connectivity index (χ3n) is 3.73. The first-order valence-electron chi connectivity index (χ1n) is 7.16. The topological polar surface area (TPSA) is 37.5 Å². The van der Waals surface area contributed by atoms with Crippen LogP contribution in [-0.2, 0) is 6.61 Å². The van der Waals surface area contributed by atoms with Crippen molar-refractivity contribution in [2.24, 2.45) is 0 Å². The van der Waals surface area contributed by atoms with Gasteiger partial charge in [-0.25, -0.2) is 4.98 Å². The minimum atomic E-state index is 0.0820. The van der Waals surface area contributed by atoms with Crippen LogP contribution in [-0.4, -0.2) is 14.5 Å². The van der Waals surface area contributed by atoms with Crippen molar-refractivity contribution >= 4 is 28.6 Å². The highest BCUT2D eigenvalue weighted by atomic mass is 35.5. The largest absolute Gasteiger partial charge is 0.391 e. The summed E-state index contributed by atoms with van der Waals surface area (Å²) in [6.45, 7) is 0.0820. The number of fused-ring (bicyclic) bond motifs is 1. The quantitative estimate of drug-likeness (QED) is 0.577. The van der Waals surface area contributed by atoms with Crippen molar-refractivity contribution in [3.8, 4) is 22.4 Å². The number of nitrogens with zero attached hydrogens (tertiary/aromatic N) is 2. The number of imidazole rings is 1. The molecule has 3 aromatic heterocycles. The Kier molecular flexibility index (Phi) is 3.65. The lowest BCUT2D eigenvalue weighted by molar-refractivity contribution is 0.285. The zero-order valence-electron chi connectivity index (χ0n) is 12.1. The molecule has 0 fully saturated rings. The van der Waals surface area contributed by atoms with E-state index < -0.39 is 0 Å². The van der Waals surface area contributed by atoms with Crippen LogP contribution in [0.1, 0.15) is 4.88 Å². The summed E-state index contributed by atoms with van der Waals surface area (Å²) in [5.41, 5.74) is 5.07. The molecule has 4 rings (SSSR count). The number of halogens is 1. The van der Waals surface area contributed by atoms with Crippen LogP contribution in [0.5, 0.6) is 0 Å². The van der Waals surface area contributed by atoms with Crippen LogP contribution in [0.4, 0.5) is 0 Å². The second-order valence-corrected chi connectivity index (χ2v) is 6.71. The van der Waals surface area contributed by atoms with Gasteiger partial charge in [-0.3, -0.25) is 0 Å². The molecule has 3 heterocycles. The monoisotopic (exact) mass is 340 g/mol. The molecule has 0 saturated heterocycles. The van der Waals surface area contributed by atoms with Gasteiger partial charge in [-0.05, 0) is 46.8 Å². The highest BCUT2D eigenvalue weighted by Gasteiger charge is 2.07. The fraction of sp³-hybridized carbons (Fsp3) is 0.0556. The number of pyridine rings is 1. The summed E-state index contributed by atoms with van der Waals surface area (Å²) in [6, 6.07) is 13.8. The first-order chi connectivity index (χ1) is 11.2. The summed E-state index contributed by atoms with van der Waals surface area (Å²) in [5, 5.41) is 12.0. The summed E-state index contributed by atoms with van der Waals surface area (Å²) in [4.78, 5) is 5.62. The van der Waals surface area contributed by atoms with Crippen molar-refractivity contribution in [2.45, 2.75) is 6.61 Å². The number of benzene rings is 1. The third kappa shape index (κ3) is 2.77. The summed E-state index contributed by atoms with van der Waals surface area (Å²) >= 11 is 7.50. The maximum atomic E-state index is 9.20. The average Bonchev–Trinajstić information content (AvgIpc) is 3.21. The van der Waals surface area contributed by atoms with Crippen LogP contribution < -0.4 is 0 Å². The van der Waals surface area contributed by atoms with E-state index >= 15 is 0 Å². The van der Waals surface area contributed by atoms with Crippen molar-refractivity contribution in [3.63, 3.8) is 0 Å². The number of hydrogen-bond donors (Lipinski definition) is 1. The molecule has 114 valence electrons. The molecule has 5 heteroatoms. The Bertz CT molecular complexity index is 972. The van der Waals surface area contributed by atoms with E-state index in [0.717, 1.165) is 37.9 Å². The van der Waals surface area contributed by atoms with Gasteiger partial charge in [0.05, 0.1) is 12.3 Å². The van der Waals surface area contributed by atoms with Crippen molar-refractivity contribution in [3.05, 3.63) is 70.1 Å². The molecule has 1 aromatic carbocycles. The number of aliphatic hydroxyl groups excluding tert-OH is 1. The van der Waals surface area contributed by atoms with E-state index in [0.29, 0.717) is 0 Å². The number of rotatable bonds is 3. The molecular weight excluding hydrogens is 328 g/mol. The molecular formula is C18H13ClN2OS. The number of aromatic nitrogens is 2. The number of hydrogen-bond acceptors (Lipinski definition) is 3. The third-order valence-corrected chi connectivity index (χ3v) is 4.91. The normalized spacial score (nSPS) is 11.2. The molecule has 0 radical (unpaired) electrons. The molecule has 0 aliphatic heterocycles. The molecule has 0 unspecified atom stereocenters. The van der Waals surface area contributed by atoms with Gasteiger partial charge in [0, 0.05) is 27.9 Å². The second-order valence-electron chi connectivity index (χ2n) is 5.28. The van der Waals surface area contributed by atoms with Crippen LogP contribution in [0, 0.1) is 0 Å². The smallest absolute Gasteiger partial charge is 0.137 e. The first kappa shape index (κ1) is 14.5. The summed E-state index contributed by atoms with van der Waals surface area (Å²) in [5.74, 6) is 0. The number of thiophene rings is 1. The fourth-order valence-corrected chi connectivity index (χ4v) is 3.42. The van der Waals surface area contributed by atoms with E-state index in [1.54, 1.807) is 11.3 Å². The van der Waals surface area contributed by atoms with Crippen LogP contribution in [0.2, 0.25) is 5.02 Å². The molecule has 23 heavy (non-hydrogen) atoms. The Morgan fingerprint density at radius 3 is 2.52 bits per heavy atom. The lowest BCUT2D eigenvalue weighted by atomic mass is 10.1. The lowest BCUT2D eigenvalue weighted by Gasteiger charge is -1.99. The SMILES string of the molecule is OCc1cc(-c2ccc3nc(-c4ccc(Cl)cc4)cn3c2)cs1. The summed E-state index contributed by atoms with van der Waals surface area (Å²) in [7, 11) is 0. The van der Waals surface area contributed by atoms with Gasteiger partial charge >= 0.3 is 0 Å². The Labute approximate surface area is 142 Å². The predicted molar refractivity (Wildman–Crippen MR) is 94.9 cm³/mol. The van der Waals surface area contributed by atoms with Gasteiger partial charge in [0.15, 0.2) is 0 Å². The van der Waals surface area contributed by atoms with E-state index in [9.17, 15) is 5.11 Å². The molecule has 3 nitrogen and oxygen atoms in total. The molecule has 0 spiro atoms. The van der Waals surface area contributed by atoms with Gasteiger partial charge in [0.25, 0.3) is 0 Å². The average molecular weight is 341 g/mol. The van der Waals surface area contributed by atoms with E-state index in [4.69, 9.17) is 11.6 Å². The van der Waals surface area contributed by atoms with Gasteiger partial charge in [-0.15, -0.1) is 11.3 Å². The minimum Gasteiger partial charge on any atom is -0.391 e. The molecule has 0 bridgehead atoms.